The van der Waals surface area contributed by atoms with Crippen LogP contribution in [0.2, 0.25) is 0 Å². The van der Waals surface area contributed by atoms with Gasteiger partial charge in [0.15, 0.2) is 0 Å². The standard InChI is InChI=1S/C15H21N7O2/c1-3-16-12-9-11(2)20-15(21-12)18-8-7-17-13(23)10-22-14(24)5-4-6-19-22/h4-6,9H,3,7-8,10H2,1-2H3,(H,17,23)(H2,16,18,20,21). The molecular formula is C15H21N7O2. The number of hydrogen-bond acceptors (Lipinski definition) is 7. The largest absolute Gasteiger partial charge is 0.370 e. The lowest BCUT2D eigenvalue weighted by Crippen LogP contribution is -2.35. The van der Waals surface area contributed by atoms with Crippen molar-refractivity contribution in [3.8, 4) is 0 Å². The van der Waals surface area contributed by atoms with Crippen molar-refractivity contribution in [2.45, 2.75) is 20.4 Å². The number of rotatable bonds is 8. The lowest BCUT2D eigenvalue weighted by Gasteiger charge is -2.10. The van der Waals surface area contributed by atoms with Crippen LogP contribution in [0.1, 0.15) is 12.6 Å². The van der Waals surface area contributed by atoms with Crippen LogP contribution in [0.4, 0.5) is 11.8 Å². The van der Waals surface area contributed by atoms with E-state index < -0.39 is 0 Å². The number of amides is 1. The summed E-state index contributed by atoms with van der Waals surface area (Å²) in [7, 11) is 0. The minimum atomic E-state index is -0.310. The molecular weight excluding hydrogens is 310 g/mol. The van der Waals surface area contributed by atoms with Gasteiger partial charge < -0.3 is 16.0 Å². The van der Waals surface area contributed by atoms with Crippen LogP contribution in [0.5, 0.6) is 0 Å². The minimum absolute atomic E-state index is 0.106. The molecule has 0 bridgehead atoms. The number of anilines is 2. The van der Waals surface area contributed by atoms with E-state index in [-0.39, 0.29) is 18.0 Å². The maximum Gasteiger partial charge on any atom is 0.267 e. The molecule has 1 amide bonds. The van der Waals surface area contributed by atoms with Crippen LogP contribution in [0, 0.1) is 6.92 Å². The summed E-state index contributed by atoms with van der Waals surface area (Å²) in [5.41, 5.74) is 0.539. The molecule has 2 aromatic rings. The fourth-order valence-corrected chi connectivity index (χ4v) is 1.99. The van der Waals surface area contributed by atoms with Crippen molar-refractivity contribution in [1.29, 1.82) is 0 Å². The molecule has 0 aliphatic rings. The highest BCUT2D eigenvalue weighted by atomic mass is 16.2. The molecule has 9 nitrogen and oxygen atoms in total. The summed E-state index contributed by atoms with van der Waals surface area (Å²) in [5, 5.41) is 12.7. The highest BCUT2D eigenvalue weighted by Gasteiger charge is 2.05. The van der Waals surface area contributed by atoms with Crippen molar-refractivity contribution in [1.82, 2.24) is 25.1 Å². The maximum absolute atomic E-state index is 11.8. The third-order valence-corrected chi connectivity index (χ3v) is 3.02. The van der Waals surface area contributed by atoms with E-state index in [0.29, 0.717) is 19.0 Å². The number of hydrogen-bond donors (Lipinski definition) is 3. The highest BCUT2D eigenvalue weighted by molar-refractivity contribution is 5.75. The Balaban J connectivity index is 1.77. The van der Waals surface area contributed by atoms with E-state index in [1.54, 1.807) is 0 Å². The second-order valence-electron chi connectivity index (χ2n) is 5.04. The monoisotopic (exact) mass is 331 g/mol. The van der Waals surface area contributed by atoms with Gasteiger partial charge in [0.1, 0.15) is 12.4 Å². The fraction of sp³-hybridized carbons (Fsp3) is 0.400. The third kappa shape index (κ3) is 5.34. The number of carbonyl (C=O) groups excluding carboxylic acids is 1. The Morgan fingerprint density at radius 1 is 1.25 bits per heavy atom. The Morgan fingerprint density at radius 2 is 2.08 bits per heavy atom. The van der Waals surface area contributed by atoms with Crippen LogP contribution < -0.4 is 21.5 Å². The first-order valence-corrected chi connectivity index (χ1v) is 7.70. The van der Waals surface area contributed by atoms with Gasteiger partial charge in [0.05, 0.1) is 0 Å². The predicted molar refractivity (Wildman–Crippen MR) is 90.9 cm³/mol. The molecule has 2 heterocycles. The molecule has 2 aromatic heterocycles. The van der Waals surface area contributed by atoms with E-state index >= 15 is 0 Å². The zero-order valence-corrected chi connectivity index (χ0v) is 13.7. The second-order valence-corrected chi connectivity index (χ2v) is 5.04. The highest BCUT2D eigenvalue weighted by Crippen LogP contribution is 2.08. The quantitative estimate of drug-likeness (QED) is 0.583. The average Bonchev–Trinajstić information content (AvgIpc) is 2.54. The molecule has 24 heavy (non-hydrogen) atoms. The first kappa shape index (κ1) is 17.4. The Kier molecular flexibility index (Phi) is 6.23. The van der Waals surface area contributed by atoms with Gasteiger partial charge in [-0.3, -0.25) is 9.59 Å². The lowest BCUT2D eigenvalue weighted by atomic mass is 10.4. The molecule has 9 heteroatoms. The first-order chi connectivity index (χ1) is 11.6. The number of carbonyl (C=O) groups is 1. The van der Waals surface area contributed by atoms with E-state index in [1.807, 2.05) is 19.9 Å². The summed E-state index contributed by atoms with van der Waals surface area (Å²) in [4.78, 5) is 31.9. The van der Waals surface area contributed by atoms with E-state index in [9.17, 15) is 9.59 Å². The average molecular weight is 331 g/mol. The van der Waals surface area contributed by atoms with Gasteiger partial charge in [-0.25, -0.2) is 9.67 Å². The fourth-order valence-electron chi connectivity index (χ4n) is 1.99. The molecule has 0 radical (unpaired) electrons. The Morgan fingerprint density at radius 3 is 2.83 bits per heavy atom. The van der Waals surface area contributed by atoms with Crippen LogP contribution in [0.25, 0.3) is 0 Å². The van der Waals surface area contributed by atoms with Crippen molar-refractivity contribution >= 4 is 17.7 Å². The molecule has 0 saturated heterocycles. The molecule has 2 rings (SSSR count). The second kappa shape index (κ2) is 8.61. The smallest absolute Gasteiger partial charge is 0.267 e. The molecule has 0 spiro atoms. The van der Waals surface area contributed by atoms with Crippen LogP contribution in [0.3, 0.4) is 0 Å². The molecule has 0 aromatic carbocycles. The summed E-state index contributed by atoms with van der Waals surface area (Å²) < 4.78 is 1.11. The van der Waals surface area contributed by atoms with Crippen molar-refractivity contribution in [3.63, 3.8) is 0 Å². The molecule has 0 aliphatic carbocycles. The topological polar surface area (TPSA) is 114 Å². The van der Waals surface area contributed by atoms with Crippen LogP contribution in [-0.2, 0) is 11.3 Å². The van der Waals surface area contributed by atoms with Gasteiger partial charge in [0.2, 0.25) is 11.9 Å². The SMILES string of the molecule is CCNc1cc(C)nc(NCCNC(=O)Cn2ncccc2=O)n1. The van der Waals surface area contributed by atoms with Gasteiger partial charge in [0, 0.05) is 43.7 Å². The van der Waals surface area contributed by atoms with Gasteiger partial charge in [-0.05, 0) is 19.9 Å². The maximum atomic E-state index is 11.8. The van der Waals surface area contributed by atoms with Crippen molar-refractivity contribution in [2.75, 3.05) is 30.3 Å². The zero-order chi connectivity index (χ0) is 17.4. The van der Waals surface area contributed by atoms with Crippen molar-refractivity contribution in [2.24, 2.45) is 0 Å². The number of nitrogens with zero attached hydrogens (tertiary/aromatic N) is 4. The van der Waals surface area contributed by atoms with Crippen LogP contribution in [0.15, 0.2) is 29.2 Å². The molecule has 0 unspecified atom stereocenters. The van der Waals surface area contributed by atoms with Crippen molar-refractivity contribution in [3.05, 3.63) is 40.4 Å². The van der Waals surface area contributed by atoms with Crippen molar-refractivity contribution < 1.29 is 4.79 Å². The zero-order valence-electron chi connectivity index (χ0n) is 13.7. The van der Waals surface area contributed by atoms with Crippen LogP contribution >= 0.6 is 0 Å². The molecule has 0 saturated carbocycles. The van der Waals surface area contributed by atoms with E-state index in [2.05, 4.69) is 31.0 Å². The van der Waals surface area contributed by atoms with Crippen LogP contribution in [-0.4, -0.2) is 45.3 Å². The molecule has 3 N–H and O–H groups in total. The Bertz CT molecular complexity index is 745. The number of aryl methyl sites for hydroxylation is 1. The first-order valence-electron chi connectivity index (χ1n) is 7.70. The van der Waals surface area contributed by atoms with Gasteiger partial charge >= 0.3 is 0 Å². The summed E-state index contributed by atoms with van der Waals surface area (Å²) in [6.07, 6.45) is 1.47. The minimum Gasteiger partial charge on any atom is -0.370 e. The lowest BCUT2D eigenvalue weighted by molar-refractivity contribution is -0.121. The molecule has 128 valence electrons. The van der Waals surface area contributed by atoms with Gasteiger partial charge in [-0.2, -0.15) is 10.1 Å². The molecule has 0 fully saturated rings. The predicted octanol–water partition coefficient (Wildman–Crippen LogP) is 0.00182. The number of nitrogens with one attached hydrogen (secondary N) is 3. The summed E-state index contributed by atoms with van der Waals surface area (Å²) in [6.45, 7) is 5.41. The summed E-state index contributed by atoms with van der Waals surface area (Å²) >= 11 is 0. The van der Waals surface area contributed by atoms with E-state index in [1.165, 1.54) is 18.3 Å². The Labute approximate surface area is 139 Å². The van der Waals surface area contributed by atoms with Gasteiger partial charge in [-0.15, -0.1) is 0 Å². The molecule has 0 aliphatic heterocycles. The summed E-state index contributed by atoms with van der Waals surface area (Å²) in [6, 6.07) is 4.75. The molecule has 0 atom stereocenters. The van der Waals surface area contributed by atoms with E-state index in [4.69, 9.17) is 0 Å². The third-order valence-electron chi connectivity index (χ3n) is 3.02. The summed E-state index contributed by atoms with van der Waals surface area (Å²) in [5.74, 6) is 0.975. The Hall–Kier alpha value is -2.97. The number of aromatic nitrogens is 4. The van der Waals surface area contributed by atoms with Gasteiger partial charge in [-0.1, -0.05) is 0 Å². The van der Waals surface area contributed by atoms with Gasteiger partial charge in [0.25, 0.3) is 5.56 Å². The normalized spacial score (nSPS) is 10.2. The van der Waals surface area contributed by atoms with E-state index in [0.717, 1.165) is 22.7 Å².